The second-order valence-electron chi connectivity index (χ2n) is 5.89. The summed E-state index contributed by atoms with van der Waals surface area (Å²) in [6.07, 6.45) is -0.780. The van der Waals surface area contributed by atoms with Crippen LogP contribution in [0.25, 0.3) is 0 Å². The summed E-state index contributed by atoms with van der Waals surface area (Å²) in [5.41, 5.74) is 2.15. The second-order valence-corrected chi connectivity index (χ2v) is 6.71. The van der Waals surface area contributed by atoms with Crippen molar-refractivity contribution >= 4 is 29.1 Å². The number of nitrogens with zero attached hydrogens (tertiary/aromatic N) is 1. The molecule has 0 fully saturated rings. The van der Waals surface area contributed by atoms with Gasteiger partial charge in [0.2, 0.25) is 5.91 Å². The standard InChI is InChI=1S/C18H16Cl2FNO2/c1-10-12-4-2-3-5-13(12)17(23)9-22(10)18(24)8-14-15(19)6-11(21)7-16(14)20/h2-7,10,17,23H,8-9H2,1H3/t10-,17+/m0/s1. The monoisotopic (exact) mass is 367 g/mol. The number of benzene rings is 2. The van der Waals surface area contributed by atoms with Gasteiger partial charge in [-0.3, -0.25) is 4.79 Å². The molecule has 1 heterocycles. The summed E-state index contributed by atoms with van der Waals surface area (Å²) in [4.78, 5) is 14.3. The SMILES string of the molecule is C[C@H]1c2ccccc2[C@H](O)CN1C(=O)Cc1c(Cl)cc(F)cc1Cl. The highest BCUT2D eigenvalue weighted by Gasteiger charge is 2.32. The largest absolute Gasteiger partial charge is 0.387 e. The first-order chi connectivity index (χ1) is 11.4. The lowest BCUT2D eigenvalue weighted by atomic mass is 9.91. The van der Waals surface area contributed by atoms with Crippen molar-refractivity contribution in [1.29, 1.82) is 0 Å². The molecule has 1 aliphatic rings. The van der Waals surface area contributed by atoms with Gasteiger partial charge in [0, 0.05) is 10.0 Å². The highest BCUT2D eigenvalue weighted by molar-refractivity contribution is 6.36. The Morgan fingerprint density at radius 1 is 1.25 bits per heavy atom. The van der Waals surface area contributed by atoms with Gasteiger partial charge in [0.25, 0.3) is 0 Å². The molecular weight excluding hydrogens is 352 g/mol. The zero-order valence-corrected chi connectivity index (χ0v) is 14.5. The summed E-state index contributed by atoms with van der Waals surface area (Å²) in [6.45, 7) is 2.12. The number of halogens is 3. The van der Waals surface area contributed by atoms with Crippen LogP contribution in [0.15, 0.2) is 36.4 Å². The first-order valence-electron chi connectivity index (χ1n) is 7.58. The van der Waals surface area contributed by atoms with Crippen molar-refractivity contribution in [1.82, 2.24) is 4.90 Å². The van der Waals surface area contributed by atoms with Gasteiger partial charge in [-0.25, -0.2) is 4.39 Å². The third-order valence-corrected chi connectivity index (χ3v) is 5.07. The fourth-order valence-corrected chi connectivity index (χ4v) is 3.71. The quantitative estimate of drug-likeness (QED) is 0.858. The molecule has 2 aromatic carbocycles. The highest BCUT2D eigenvalue weighted by Crippen LogP contribution is 2.35. The normalized spacial score (nSPS) is 20.0. The molecule has 0 saturated carbocycles. The summed E-state index contributed by atoms with van der Waals surface area (Å²) in [5, 5.41) is 10.6. The van der Waals surface area contributed by atoms with Crippen molar-refractivity contribution in [2.24, 2.45) is 0 Å². The van der Waals surface area contributed by atoms with Crippen LogP contribution >= 0.6 is 23.2 Å². The molecule has 3 rings (SSSR count). The molecule has 2 atom stereocenters. The fourth-order valence-electron chi connectivity index (χ4n) is 3.12. The van der Waals surface area contributed by atoms with E-state index >= 15 is 0 Å². The van der Waals surface area contributed by atoms with E-state index in [0.717, 1.165) is 23.3 Å². The Bertz CT molecular complexity index is 773. The van der Waals surface area contributed by atoms with Gasteiger partial charge in [-0.05, 0) is 35.7 Å². The number of aliphatic hydroxyl groups is 1. The Morgan fingerprint density at radius 2 is 1.83 bits per heavy atom. The van der Waals surface area contributed by atoms with Crippen molar-refractivity contribution in [3.63, 3.8) is 0 Å². The predicted octanol–water partition coefficient (Wildman–Crippen LogP) is 4.31. The minimum Gasteiger partial charge on any atom is -0.387 e. The molecular formula is C18H16Cl2FNO2. The average Bonchev–Trinajstić information content (AvgIpc) is 2.54. The molecule has 0 aliphatic carbocycles. The van der Waals surface area contributed by atoms with Gasteiger partial charge in [-0.1, -0.05) is 47.5 Å². The number of hydrogen-bond acceptors (Lipinski definition) is 2. The summed E-state index contributed by atoms with van der Waals surface area (Å²) >= 11 is 12.0. The Morgan fingerprint density at radius 3 is 2.46 bits per heavy atom. The lowest BCUT2D eigenvalue weighted by Gasteiger charge is -2.38. The third-order valence-electron chi connectivity index (χ3n) is 4.40. The Hall–Kier alpha value is -1.62. The van der Waals surface area contributed by atoms with Gasteiger partial charge >= 0.3 is 0 Å². The van der Waals surface area contributed by atoms with Crippen LogP contribution in [0.5, 0.6) is 0 Å². The second kappa shape index (κ2) is 6.71. The highest BCUT2D eigenvalue weighted by atomic mass is 35.5. The summed E-state index contributed by atoms with van der Waals surface area (Å²) in [5.74, 6) is -0.761. The molecule has 1 aliphatic heterocycles. The number of fused-ring (bicyclic) bond motifs is 1. The third kappa shape index (κ3) is 3.14. The maximum atomic E-state index is 13.3. The predicted molar refractivity (Wildman–Crippen MR) is 91.7 cm³/mol. The van der Waals surface area contributed by atoms with E-state index in [1.54, 1.807) is 4.90 Å². The molecule has 0 spiro atoms. The summed E-state index contributed by atoms with van der Waals surface area (Å²) in [7, 11) is 0. The number of β-amino-alcohol motifs (C(OH)–C–C–N with tert-alkyl or cyclic N) is 1. The topological polar surface area (TPSA) is 40.5 Å². The van der Waals surface area contributed by atoms with Gasteiger partial charge < -0.3 is 10.0 Å². The zero-order valence-electron chi connectivity index (χ0n) is 13.0. The van der Waals surface area contributed by atoms with Crippen LogP contribution in [0.2, 0.25) is 10.0 Å². The van der Waals surface area contributed by atoms with Crippen molar-refractivity contribution < 1.29 is 14.3 Å². The van der Waals surface area contributed by atoms with Gasteiger partial charge in [-0.2, -0.15) is 0 Å². The van der Waals surface area contributed by atoms with Crippen LogP contribution in [0, 0.1) is 5.82 Å². The van der Waals surface area contributed by atoms with Crippen molar-refractivity contribution in [3.05, 3.63) is 69.0 Å². The molecule has 0 saturated heterocycles. The van der Waals surface area contributed by atoms with Crippen LogP contribution in [0.4, 0.5) is 4.39 Å². The van der Waals surface area contributed by atoms with Crippen LogP contribution in [-0.2, 0) is 11.2 Å². The molecule has 1 N–H and O–H groups in total. The van der Waals surface area contributed by atoms with E-state index in [4.69, 9.17) is 23.2 Å². The van der Waals surface area contributed by atoms with Crippen LogP contribution in [-0.4, -0.2) is 22.5 Å². The van der Waals surface area contributed by atoms with Gasteiger partial charge in [-0.15, -0.1) is 0 Å². The first-order valence-corrected chi connectivity index (χ1v) is 8.34. The van der Waals surface area contributed by atoms with Gasteiger partial charge in [0.15, 0.2) is 0 Å². The fraction of sp³-hybridized carbons (Fsp3) is 0.278. The molecule has 0 aromatic heterocycles. The van der Waals surface area contributed by atoms with Gasteiger partial charge in [0.05, 0.1) is 25.1 Å². The number of aliphatic hydroxyl groups excluding tert-OH is 1. The molecule has 1 amide bonds. The Kier molecular flexibility index (Phi) is 4.81. The van der Waals surface area contributed by atoms with Crippen LogP contribution in [0.1, 0.15) is 35.8 Å². The van der Waals surface area contributed by atoms with E-state index in [1.807, 2.05) is 31.2 Å². The van der Waals surface area contributed by atoms with Crippen molar-refractivity contribution in [3.8, 4) is 0 Å². The number of rotatable bonds is 2. The lowest BCUT2D eigenvalue weighted by Crippen LogP contribution is -2.41. The molecule has 0 radical (unpaired) electrons. The minimum atomic E-state index is -0.736. The number of amides is 1. The number of carbonyl (C=O) groups excluding carboxylic acids is 1. The van der Waals surface area contributed by atoms with Gasteiger partial charge in [0.1, 0.15) is 5.82 Å². The molecule has 126 valence electrons. The Labute approximate surface area is 149 Å². The van der Waals surface area contributed by atoms with E-state index in [0.29, 0.717) is 5.56 Å². The van der Waals surface area contributed by atoms with Crippen LogP contribution in [0.3, 0.4) is 0 Å². The maximum absolute atomic E-state index is 13.3. The van der Waals surface area contributed by atoms with E-state index in [9.17, 15) is 14.3 Å². The van der Waals surface area contributed by atoms with Crippen molar-refractivity contribution in [2.75, 3.05) is 6.54 Å². The van der Waals surface area contributed by atoms with Crippen molar-refractivity contribution in [2.45, 2.75) is 25.5 Å². The van der Waals surface area contributed by atoms with E-state index in [-0.39, 0.29) is 35.0 Å². The smallest absolute Gasteiger partial charge is 0.227 e. The zero-order chi connectivity index (χ0) is 17.4. The maximum Gasteiger partial charge on any atom is 0.227 e. The molecule has 0 unspecified atom stereocenters. The summed E-state index contributed by atoms with van der Waals surface area (Å²) in [6, 6.07) is 9.62. The average molecular weight is 368 g/mol. The number of hydrogen-bond donors (Lipinski definition) is 1. The molecule has 0 bridgehead atoms. The number of carbonyl (C=O) groups is 1. The van der Waals surface area contributed by atoms with E-state index in [1.165, 1.54) is 0 Å². The lowest BCUT2D eigenvalue weighted by molar-refractivity contribution is -0.135. The van der Waals surface area contributed by atoms with Crippen LogP contribution < -0.4 is 0 Å². The molecule has 6 heteroatoms. The summed E-state index contributed by atoms with van der Waals surface area (Å²) < 4.78 is 13.3. The van der Waals surface area contributed by atoms with E-state index in [2.05, 4.69) is 0 Å². The first kappa shape index (κ1) is 17.2. The minimum absolute atomic E-state index is 0.0445. The molecule has 24 heavy (non-hydrogen) atoms. The van der Waals surface area contributed by atoms with E-state index < -0.39 is 11.9 Å². The Balaban J connectivity index is 1.87. The molecule has 3 nitrogen and oxygen atoms in total. The molecule has 2 aromatic rings.